The average molecular weight is 324 g/mol. The van der Waals surface area contributed by atoms with Gasteiger partial charge in [-0.3, -0.25) is 0 Å². The van der Waals surface area contributed by atoms with Crippen LogP contribution in [0.5, 0.6) is 0 Å². The van der Waals surface area contributed by atoms with Gasteiger partial charge in [0.15, 0.2) is 0 Å². The third-order valence-electron chi connectivity index (χ3n) is 2.55. The van der Waals surface area contributed by atoms with E-state index in [1.165, 1.54) is 12.0 Å². The molecular formula is C13H17BrCl2. The fourth-order valence-corrected chi connectivity index (χ4v) is 2.84. The van der Waals surface area contributed by atoms with Crippen molar-refractivity contribution in [1.82, 2.24) is 0 Å². The van der Waals surface area contributed by atoms with Gasteiger partial charge in [-0.25, -0.2) is 0 Å². The monoisotopic (exact) mass is 322 g/mol. The summed E-state index contributed by atoms with van der Waals surface area (Å²) in [7, 11) is 0. The lowest BCUT2D eigenvalue weighted by Crippen LogP contribution is -2.09. The Kier molecular flexibility index (Phi) is 6.17. The molecule has 0 bridgehead atoms. The van der Waals surface area contributed by atoms with E-state index in [-0.39, 0.29) is 0 Å². The lowest BCUT2D eigenvalue weighted by Gasteiger charge is -2.17. The minimum atomic E-state index is 0.638. The molecule has 1 rings (SSSR count). The van der Waals surface area contributed by atoms with Crippen molar-refractivity contribution in [2.45, 2.75) is 26.7 Å². The largest absolute Gasteiger partial charge is 0.0925 e. The Morgan fingerprint density at radius 3 is 2.44 bits per heavy atom. The van der Waals surface area contributed by atoms with E-state index in [0.717, 1.165) is 16.8 Å². The smallest absolute Gasteiger partial charge is 0.0452 e. The molecule has 0 aromatic heterocycles. The SMILES string of the molecule is CC(C)CC(CBr)Cc1ccc(Cl)cc1Cl. The topological polar surface area (TPSA) is 0 Å². The Labute approximate surface area is 116 Å². The summed E-state index contributed by atoms with van der Waals surface area (Å²) in [6, 6.07) is 5.75. The molecule has 0 spiro atoms. The molecule has 0 heterocycles. The third-order valence-corrected chi connectivity index (χ3v) is 4.05. The van der Waals surface area contributed by atoms with Gasteiger partial charge in [0.25, 0.3) is 0 Å². The lowest BCUT2D eigenvalue weighted by molar-refractivity contribution is 0.445. The molecule has 1 unspecified atom stereocenters. The van der Waals surface area contributed by atoms with Crippen LogP contribution in [0.25, 0.3) is 0 Å². The van der Waals surface area contributed by atoms with Crippen molar-refractivity contribution >= 4 is 39.1 Å². The number of benzene rings is 1. The quantitative estimate of drug-likeness (QED) is 0.619. The molecule has 0 aliphatic rings. The Balaban J connectivity index is 2.70. The molecule has 0 fully saturated rings. The van der Waals surface area contributed by atoms with E-state index in [1.54, 1.807) is 0 Å². The molecule has 0 aliphatic heterocycles. The molecular weight excluding hydrogens is 307 g/mol. The minimum Gasteiger partial charge on any atom is -0.0925 e. The molecule has 0 N–H and O–H groups in total. The van der Waals surface area contributed by atoms with Gasteiger partial charge in [0.1, 0.15) is 0 Å². The minimum absolute atomic E-state index is 0.638. The molecule has 3 heteroatoms. The van der Waals surface area contributed by atoms with Crippen LogP contribution in [0.1, 0.15) is 25.8 Å². The molecule has 0 aliphatic carbocycles. The first-order valence-electron chi connectivity index (χ1n) is 5.52. The van der Waals surface area contributed by atoms with Crippen LogP contribution in [0.3, 0.4) is 0 Å². The molecule has 90 valence electrons. The Morgan fingerprint density at radius 1 is 1.25 bits per heavy atom. The maximum atomic E-state index is 6.17. The van der Waals surface area contributed by atoms with Crippen LogP contribution in [-0.4, -0.2) is 5.33 Å². The fraction of sp³-hybridized carbons (Fsp3) is 0.538. The first kappa shape index (κ1) is 14.3. The zero-order chi connectivity index (χ0) is 12.1. The van der Waals surface area contributed by atoms with Gasteiger partial charge in [-0.15, -0.1) is 0 Å². The summed E-state index contributed by atoms with van der Waals surface area (Å²) in [5, 5.41) is 2.50. The van der Waals surface area contributed by atoms with Gasteiger partial charge >= 0.3 is 0 Å². The predicted octanol–water partition coefficient (Wildman–Crippen LogP) is 5.59. The number of alkyl halides is 1. The second-order valence-corrected chi connectivity index (χ2v) is 6.08. The second-order valence-electron chi connectivity index (χ2n) is 4.59. The van der Waals surface area contributed by atoms with Gasteiger partial charge < -0.3 is 0 Å². The first-order valence-corrected chi connectivity index (χ1v) is 7.40. The van der Waals surface area contributed by atoms with E-state index < -0.39 is 0 Å². The summed E-state index contributed by atoms with van der Waals surface area (Å²) in [6.07, 6.45) is 2.23. The molecule has 1 atom stereocenters. The van der Waals surface area contributed by atoms with Crippen molar-refractivity contribution in [1.29, 1.82) is 0 Å². The zero-order valence-electron chi connectivity index (χ0n) is 9.64. The van der Waals surface area contributed by atoms with Crippen LogP contribution < -0.4 is 0 Å². The second kappa shape index (κ2) is 6.88. The highest BCUT2D eigenvalue weighted by Crippen LogP contribution is 2.26. The molecule has 1 aromatic rings. The van der Waals surface area contributed by atoms with E-state index in [1.807, 2.05) is 18.2 Å². The highest BCUT2D eigenvalue weighted by atomic mass is 79.9. The summed E-state index contributed by atoms with van der Waals surface area (Å²) in [6.45, 7) is 4.50. The molecule has 0 amide bonds. The standard InChI is InChI=1S/C13H17BrCl2/c1-9(2)5-10(8-14)6-11-3-4-12(15)7-13(11)16/h3-4,7,9-10H,5-6,8H2,1-2H3. The van der Waals surface area contributed by atoms with Gasteiger partial charge in [0.2, 0.25) is 0 Å². The Bertz CT molecular complexity index is 337. The zero-order valence-corrected chi connectivity index (χ0v) is 12.7. The van der Waals surface area contributed by atoms with Crippen LogP contribution in [0.4, 0.5) is 0 Å². The summed E-state index contributed by atoms with van der Waals surface area (Å²) >= 11 is 15.6. The Hall–Kier alpha value is 0.280. The summed E-state index contributed by atoms with van der Waals surface area (Å²) < 4.78 is 0. The van der Waals surface area contributed by atoms with E-state index in [2.05, 4.69) is 29.8 Å². The summed E-state index contributed by atoms with van der Waals surface area (Å²) in [5.41, 5.74) is 1.19. The van der Waals surface area contributed by atoms with E-state index >= 15 is 0 Å². The van der Waals surface area contributed by atoms with E-state index in [0.29, 0.717) is 16.9 Å². The first-order chi connectivity index (χ1) is 7.52. The van der Waals surface area contributed by atoms with Crippen molar-refractivity contribution < 1.29 is 0 Å². The molecule has 0 saturated heterocycles. The van der Waals surface area contributed by atoms with Crippen molar-refractivity contribution in [3.8, 4) is 0 Å². The van der Waals surface area contributed by atoms with Crippen molar-refractivity contribution in [2.24, 2.45) is 11.8 Å². The average Bonchev–Trinajstić information content (AvgIpc) is 2.20. The number of hydrogen-bond acceptors (Lipinski definition) is 0. The van der Waals surface area contributed by atoms with E-state index in [4.69, 9.17) is 23.2 Å². The van der Waals surface area contributed by atoms with Crippen molar-refractivity contribution in [3.63, 3.8) is 0 Å². The van der Waals surface area contributed by atoms with Crippen LogP contribution in [0.2, 0.25) is 10.0 Å². The molecule has 0 saturated carbocycles. The molecule has 0 radical (unpaired) electrons. The van der Waals surface area contributed by atoms with Gasteiger partial charge in [-0.2, -0.15) is 0 Å². The third kappa shape index (κ3) is 4.65. The molecule has 0 nitrogen and oxygen atoms in total. The van der Waals surface area contributed by atoms with Crippen LogP contribution in [-0.2, 0) is 6.42 Å². The van der Waals surface area contributed by atoms with Gasteiger partial charge in [0, 0.05) is 15.4 Å². The maximum absolute atomic E-state index is 6.17. The summed E-state index contributed by atoms with van der Waals surface area (Å²) in [4.78, 5) is 0. The predicted molar refractivity (Wildman–Crippen MR) is 76.9 cm³/mol. The highest BCUT2D eigenvalue weighted by molar-refractivity contribution is 9.09. The highest BCUT2D eigenvalue weighted by Gasteiger charge is 2.12. The van der Waals surface area contributed by atoms with Crippen LogP contribution in [0.15, 0.2) is 18.2 Å². The normalized spacial score (nSPS) is 13.1. The fourth-order valence-electron chi connectivity index (χ4n) is 1.87. The summed E-state index contributed by atoms with van der Waals surface area (Å²) in [5.74, 6) is 1.35. The number of halogens is 3. The number of hydrogen-bond donors (Lipinski definition) is 0. The van der Waals surface area contributed by atoms with Crippen LogP contribution in [0, 0.1) is 11.8 Å². The molecule has 16 heavy (non-hydrogen) atoms. The van der Waals surface area contributed by atoms with Crippen LogP contribution >= 0.6 is 39.1 Å². The van der Waals surface area contributed by atoms with Gasteiger partial charge in [-0.1, -0.05) is 59.0 Å². The van der Waals surface area contributed by atoms with Gasteiger partial charge in [0.05, 0.1) is 0 Å². The van der Waals surface area contributed by atoms with Crippen molar-refractivity contribution in [3.05, 3.63) is 33.8 Å². The molecule has 1 aromatic carbocycles. The van der Waals surface area contributed by atoms with Gasteiger partial charge in [-0.05, 0) is 42.4 Å². The van der Waals surface area contributed by atoms with Crippen molar-refractivity contribution in [2.75, 3.05) is 5.33 Å². The Morgan fingerprint density at radius 2 is 1.94 bits per heavy atom. The van der Waals surface area contributed by atoms with E-state index in [9.17, 15) is 0 Å². The number of rotatable bonds is 5. The maximum Gasteiger partial charge on any atom is 0.0452 e. The lowest BCUT2D eigenvalue weighted by atomic mass is 9.92.